The van der Waals surface area contributed by atoms with Gasteiger partial charge in [-0.2, -0.15) is 0 Å². The van der Waals surface area contributed by atoms with Crippen LogP contribution < -0.4 is 10.1 Å². The Labute approximate surface area is 136 Å². The lowest BCUT2D eigenvalue weighted by Crippen LogP contribution is -2.30. The normalized spacial score (nSPS) is 11.9. The highest BCUT2D eigenvalue weighted by molar-refractivity contribution is 6.30. The average Bonchev–Trinajstić information content (AvgIpc) is 2.45. The van der Waals surface area contributed by atoms with Crippen molar-refractivity contribution in [1.82, 2.24) is 0 Å². The molecule has 0 aliphatic rings. The summed E-state index contributed by atoms with van der Waals surface area (Å²) < 4.78 is 5.79. The maximum absolute atomic E-state index is 12.3. The van der Waals surface area contributed by atoms with Crippen molar-refractivity contribution >= 4 is 23.2 Å². The van der Waals surface area contributed by atoms with Crippen molar-refractivity contribution < 1.29 is 9.53 Å². The maximum Gasteiger partial charge on any atom is 0.265 e. The number of aryl methyl sites for hydroxylation is 3. The van der Waals surface area contributed by atoms with Gasteiger partial charge in [-0.3, -0.25) is 4.79 Å². The maximum atomic E-state index is 12.3. The van der Waals surface area contributed by atoms with E-state index in [1.807, 2.05) is 45.0 Å². The highest BCUT2D eigenvalue weighted by atomic mass is 35.5. The Balaban J connectivity index is 2.07. The second-order valence-electron chi connectivity index (χ2n) is 5.48. The number of anilines is 1. The smallest absolute Gasteiger partial charge is 0.265 e. The summed E-state index contributed by atoms with van der Waals surface area (Å²) in [5.74, 6) is 0.543. The summed E-state index contributed by atoms with van der Waals surface area (Å²) in [5.41, 5.74) is 3.76. The van der Waals surface area contributed by atoms with Gasteiger partial charge in [0, 0.05) is 10.7 Å². The number of halogens is 1. The summed E-state index contributed by atoms with van der Waals surface area (Å²) >= 11 is 5.92. The van der Waals surface area contributed by atoms with Crippen molar-refractivity contribution in [2.45, 2.75) is 33.8 Å². The first-order valence-electron chi connectivity index (χ1n) is 7.18. The third kappa shape index (κ3) is 4.01. The van der Waals surface area contributed by atoms with Gasteiger partial charge in [0.05, 0.1) is 0 Å². The van der Waals surface area contributed by atoms with Crippen LogP contribution in [0, 0.1) is 20.8 Å². The number of amides is 1. The van der Waals surface area contributed by atoms with Crippen LogP contribution in [0.1, 0.15) is 23.6 Å². The fraction of sp³-hybridized carbons (Fsp3) is 0.278. The van der Waals surface area contributed by atoms with Gasteiger partial charge in [0.15, 0.2) is 6.10 Å². The second-order valence-corrected chi connectivity index (χ2v) is 5.91. The van der Waals surface area contributed by atoms with E-state index in [1.54, 1.807) is 19.1 Å². The Kier molecular flexibility index (Phi) is 5.09. The Morgan fingerprint density at radius 2 is 1.82 bits per heavy atom. The first kappa shape index (κ1) is 16.4. The van der Waals surface area contributed by atoms with Crippen molar-refractivity contribution in [1.29, 1.82) is 0 Å². The van der Waals surface area contributed by atoms with Gasteiger partial charge in [0.25, 0.3) is 5.91 Å². The average molecular weight is 318 g/mol. The number of hydrogen-bond acceptors (Lipinski definition) is 2. The molecule has 0 saturated heterocycles. The van der Waals surface area contributed by atoms with Crippen molar-refractivity contribution in [3.8, 4) is 5.75 Å². The zero-order valence-electron chi connectivity index (χ0n) is 13.2. The molecule has 0 aliphatic carbocycles. The summed E-state index contributed by atoms with van der Waals surface area (Å²) in [6.07, 6.45) is -0.587. The predicted molar refractivity (Wildman–Crippen MR) is 90.8 cm³/mol. The van der Waals surface area contributed by atoms with Crippen molar-refractivity contribution in [2.75, 3.05) is 5.32 Å². The number of rotatable bonds is 4. The molecule has 0 aliphatic heterocycles. The molecule has 0 radical (unpaired) electrons. The molecule has 3 nitrogen and oxygen atoms in total. The molecule has 1 unspecified atom stereocenters. The first-order valence-corrected chi connectivity index (χ1v) is 7.55. The number of benzene rings is 2. The summed E-state index contributed by atoms with van der Waals surface area (Å²) in [4.78, 5) is 12.3. The van der Waals surface area contributed by atoms with Crippen LogP contribution in [0.25, 0.3) is 0 Å². The van der Waals surface area contributed by atoms with Crippen LogP contribution >= 0.6 is 11.6 Å². The Hall–Kier alpha value is -2.00. The van der Waals surface area contributed by atoms with E-state index in [0.717, 1.165) is 28.1 Å². The molecular weight excluding hydrogens is 298 g/mol. The van der Waals surface area contributed by atoms with Crippen molar-refractivity contribution in [2.24, 2.45) is 0 Å². The lowest BCUT2D eigenvalue weighted by atomic mass is 10.1. The van der Waals surface area contributed by atoms with Gasteiger partial charge in [-0.25, -0.2) is 0 Å². The molecule has 0 spiro atoms. The SMILES string of the molecule is Cc1ccc(C)c(OC(C)C(=O)Nc2ccc(Cl)cc2C)c1. The monoisotopic (exact) mass is 317 g/mol. The number of carbonyl (C=O) groups excluding carboxylic acids is 1. The minimum absolute atomic E-state index is 0.189. The van der Waals surface area contributed by atoms with Gasteiger partial charge in [-0.15, -0.1) is 0 Å². The minimum atomic E-state index is -0.587. The number of ether oxygens (including phenoxy) is 1. The molecule has 1 amide bonds. The van der Waals surface area contributed by atoms with Gasteiger partial charge in [0.2, 0.25) is 0 Å². The van der Waals surface area contributed by atoms with E-state index in [-0.39, 0.29) is 5.91 Å². The lowest BCUT2D eigenvalue weighted by molar-refractivity contribution is -0.122. The van der Waals surface area contributed by atoms with E-state index in [1.165, 1.54) is 0 Å². The number of carbonyl (C=O) groups is 1. The van der Waals surface area contributed by atoms with Crippen molar-refractivity contribution in [3.63, 3.8) is 0 Å². The van der Waals surface area contributed by atoms with E-state index < -0.39 is 6.10 Å². The van der Waals surface area contributed by atoms with Crippen LogP contribution in [-0.4, -0.2) is 12.0 Å². The van der Waals surface area contributed by atoms with Crippen molar-refractivity contribution in [3.05, 3.63) is 58.1 Å². The van der Waals surface area contributed by atoms with E-state index in [9.17, 15) is 4.79 Å². The predicted octanol–water partition coefficient (Wildman–Crippen LogP) is 4.67. The minimum Gasteiger partial charge on any atom is -0.481 e. The van der Waals surface area contributed by atoms with Gasteiger partial charge in [-0.05, 0) is 68.7 Å². The lowest BCUT2D eigenvalue weighted by Gasteiger charge is -2.17. The molecule has 0 bridgehead atoms. The number of nitrogens with one attached hydrogen (secondary N) is 1. The van der Waals surface area contributed by atoms with Crippen LogP contribution in [0.3, 0.4) is 0 Å². The first-order chi connectivity index (χ1) is 10.4. The topological polar surface area (TPSA) is 38.3 Å². The van der Waals surface area contributed by atoms with Gasteiger partial charge in [-0.1, -0.05) is 23.7 Å². The summed E-state index contributed by atoms with van der Waals surface area (Å²) in [6, 6.07) is 11.3. The summed E-state index contributed by atoms with van der Waals surface area (Å²) in [7, 11) is 0. The molecule has 0 saturated carbocycles. The molecule has 22 heavy (non-hydrogen) atoms. The fourth-order valence-corrected chi connectivity index (χ4v) is 2.31. The summed E-state index contributed by atoms with van der Waals surface area (Å²) in [5, 5.41) is 3.52. The molecule has 1 atom stereocenters. The molecule has 1 N–H and O–H groups in total. The third-order valence-corrected chi connectivity index (χ3v) is 3.70. The van der Waals surface area contributed by atoms with Gasteiger partial charge < -0.3 is 10.1 Å². The van der Waals surface area contributed by atoms with Crippen LogP contribution in [0.5, 0.6) is 5.75 Å². The molecule has 4 heteroatoms. The zero-order valence-corrected chi connectivity index (χ0v) is 14.0. The standard InChI is InChI=1S/C18H20ClNO2/c1-11-5-6-12(2)17(9-11)22-14(4)18(21)20-16-8-7-15(19)10-13(16)3/h5-10,14H,1-4H3,(H,20,21). The largest absolute Gasteiger partial charge is 0.481 e. The molecule has 2 aromatic rings. The highest BCUT2D eigenvalue weighted by Crippen LogP contribution is 2.22. The van der Waals surface area contributed by atoms with Crippen LogP contribution in [-0.2, 0) is 4.79 Å². The fourth-order valence-electron chi connectivity index (χ4n) is 2.08. The third-order valence-electron chi connectivity index (χ3n) is 3.46. The van der Waals surface area contributed by atoms with Crippen LogP contribution in [0.4, 0.5) is 5.69 Å². The Bertz CT molecular complexity index is 697. The molecule has 2 rings (SSSR count). The summed E-state index contributed by atoms with van der Waals surface area (Å²) in [6.45, 7) is 7.59. The Morgan fingerprint density at radius 1 is 1.09 bits per heavy atom. The number of hydrogen-bond donors (Lipinski definition) is 1. The highest BCUT2D eigenvalue weighted by Gasteiger charge is 2.16. The second kappa shape index (κ2) is 6.84. The molecule has 116 valence electrons. The van der Waals surface area contributed by atoms with E-state index in [4.69, 9.17) is 16.3 Å². The molecule has 0 heterocycles. The van der Waals surface area contributed by atoms with E-state index >= 15 is 0 Å². The molecule has 0 aromatic heterocycles. The molecule has 2 aromatic carbocycles. The van der Waals surface area contributed by atoms with E-state index in [2.05, 4.69) is 5.32 Å². The quantitative estimate of drug-likeness (QED) is 0.889. The molecule has 0 fully saturated rings. The van der Waals surface area contributed by atoms with Crippen LogP contribution in [0.2, 0.25) is 5.02 Å². The van der Waals surface area contributed by atoms with Crippen LogP contribution in [0.15, 0.2) is 36.4 Å². The van der Waals surface area contributed by atoms with Gasteiger partial charge >= 0.3 is 0 Å². The Morgan fingerprint density at radius 3 is 2.50 bits per heavy atom. The van der Waals surface area contributed by atoms with Gasteiger partial charge in [0.1, 0.15) is 5.75 Å². The molecular formula is C18H20ClNO2. The zero-order chi connectivity index (χ0) is 16.3. The van der Waals surface area contributed by atoms with E-state index in [0.29, 0.717) is 5.02 Å².